The number of methoxy groups -OCH3 is 1. The lowest BCUT2D eigenvalue weighted by Crippen LogP contribution is -1.99. The molecule has 0 N–H and O–H groups in total. The highest BCUT2D eigenvalue weighted by atomic mass is 16.5. The van der Waals surface area contributed by atoms with Gasteiger partial charge in [0.1, 0.15) is 5.75 Å². The number of aromatic nitrogens is 1. The Morgan fingerprint density at radius 1 is 1.50 bits per heavy atom. The molecule has 0 atom stereocenters. The minimum absolute atomic E-state index is 0.0516. The molecule has 0 aliphatic carbocycles. The summed E-state index contributed by atoms with van der Waals surface area (Å²) in [5.41, 5.74) is 1.51. The highest BCUT2D eigenvalue weighted by Crippen LogP contribution is 2.17. The first-order valence-electron chi connectivity index (χ1n) is 4.32. The molecule has 0 aliphatic rings. The maximum absolute atomic E-state index is 11.7. The zero-order valence-electron chi connectivity index (χ0n) is 8.57. The molecule has 0 unspecified atom stereocenters. The van der Waals surface area contributed by atoms with Crippen molar-refractivity contribution in [3.8, 4) is 5.75 Å². The van der Waals surface area contributed by atoms with E-state index in [0.29, 0.717) is 11.3 Å². The molecule has 0 spiro atoms. The Morgan fingerprint density at radius 2 is 2.21 bits per heavy atom. The van der Waals surface area contributed by atoms with E-state index < -0.39 is 0 Å². The number of hydrogen-bond acceptors (Lipinski definition) is 3. The van der Waals surface area contributed by atoms with Crippen LogP contribution in [0, 0.1) is 0 Å². The summed E-state index contributed by atoms with van der Waals surface area (Å²) < 4.78 is 5.04. The van der Waals surface area contributed by atoms with Crippen molar-refractivity contribution in [2.45, 2.75) is 13.8 Å². The molecule has 3 heteroatoms. The monoisotopic (exact) mass is 191 g/mol. The fraction of sp³-hybridized carbons (Fsp3) is 0.273. The van der Waals surface area contributed by atoms with Crippen LogP contribution in [0.25, 0.3) is 0 Å². The fourth-order valence-electron chi connectivity index (χ4n) is 1.09. The Balaban J connectivity index is 3.06. The number of hydrogen-bond donors (Lipinski definition) is 0. The molecule has 0 saturated carbocycles. The minimum Gasteiger partial charge on any atom is -0.494 e. The standard InChI is InChI=1S/C11H13NO2/c1-8(2)6-10(13)9-4-5-12-7-11(9)14-3/h4-7H,1-3H3. The summed E-state index contributed by atoms with van der Waals surface area (Å²) in [6, 6.07) is 1.65. The minimum atomic E-state index is -0.0516. The number of pyridine rings is 1. The van der Waals surface area contributed by atoms with Crippen LogP contribution in [0.15, 0.2) is 30.1 Å². The Morgan fingerprint density at radius 3 is 2.79 bits per heavy atom. The lowest BCUT2D eigenvalue weighted by Gasteiger charge is -2.03. The van der Waals surface area contributed by atoms with Gasteiger partial charge >= 0.3 is 0 Å². The zero-order valence-corrected chi connectivity index (χ0v) is 8.57. The second kappa shape index (κ2) is 4.56. The summed E-state index contributed by atoms with van der Waals surface area (Å²) in [7, 11) is 1.52. The average Bonchev–Trinajstić information content (AvgIpc) is 2.16. The molecule has 1 heterocycles. The fourth-order valence-corrected chi connectivity index (χ4v) is 1.09. The third-order valence-electron chi connectivity index (χ3n) is 1.69. The first-order valence-corrected chi connectivity index (χ1v) is 4.32. The molecule has 1 rings (SSSR count). The molecule has 3 nitrogen and oxygen atoms in total. The average molecular weight is 191 g/mol. The second-order valence-corrected chi connectivity index (χ2v) is 3.16. The summed E-state index contributed by atoms with van der Waals surface area (Å²) in [5.74, 6) is 0.458. The van der Waals surface area contributed by atoms with Gasteiger partial charge in [0.25, 0.3) is 0 Å². The predicted molar refractivity (Wildman–Crippen MR) is 54.6 cm³/mol. The van der Waals surface area contributed by atoms with Gasteiger partial charge in [0.15, 0.2) is 5.78 Å². The van der Waals surface area contributed by atoms with E-state index in [0.717, 1.165) is 5.57 Å². The van der Waals surface area contributed by atoms with Crippen LogP contribution in [0.5, 0.6) is 5.75 Å². The number of nitrogens with zero attached hydrogens (tertiary/aromatic N) is 1. The number of ether oxygens (including phenoxy) is 1. The van der Waals surface area contributed by atoms with E-state index in [1.54, 1.807) is 18.3 Å². The van der Waals surface area contributed by atoms with Crippen LogP contribution in [0.2, 0.25) is 0 Å². The predicted octanol–water partition coefficient (Wildman–Crippen LogP) is 2.24. The molecule has 1 aromatic rings. The summed E-state index contributed by atoms with van der Waals surface area (Å²) in [6.45, 7) is 3.76. The highest BCUT2D eigenvalue weighted by molar-refractivity contribution is 6.06. The van der Waals surface area contributed by atoms with Crippen molar-refractivity contribution in [3.05, 3.63) is 35.7 Å². The Hall–Kier alpha value is -1.64. The summed E-state index contributed by atoms with van der Waals surface area (Å²) >= 11 is 0. The van der Waals surface area contributed by atoms with E-state index in [2.05, 4.69) is 4.98 Å². The van der Waals surface area contributed by atoms with Crippen LogP contribution in [-0.4, -0.2) is 17.9 Å². The van der Waals surface area contributed by atoms with Crippen molar-refractivity contribution in [2.75, 3.05) is 7.11 Å². The van der Waals surface area contributed by atoms with E-state index in [9.17, 15) is 4.79 Å². The number of allylic oxidation sites excluding steroid dienone is 2. The van der Waals surface area contributed by atoms with Crippen LogP contribution in [0.4, 0.5) is 0 Å². The maximum Gasteiger partial charge on any atom is 0.189 e. The van der Waals surface area contributed by atoms with E-state index in [1.165, 1.54) is 13.3 Å². The molecule has 14 heavy (non-hydrogen) atoms. The van der Waals surface area contributed by atoms with Gasteiger partial charge in [-0.25, -0.2) is 0 Å². The van der Waals surface area contributed by atoms with Crippen LogP contribution >= 0.6 is 0 Å². The maximum atomic E-state index is 11.7. The van der Waals surface area contributed by atoms with Crippen molar-refractivity contribution < 1.29 is 9.53 Å². The van der Waals surface area contributed by atoms with Gasteiger partial charge in [-0.1, -0.05) is 5.57 Å². The molecule has 0 bridgehead atoms. The van der Waals surface area contributed by atoms with E-state index in [4.69, 9.17) is 4.74 Å². The number of carbonyl (C=O) groups is 1. The molecule has 1 aromatic heterocycles. The zero-order chi connectivity index (χ0) is 10.6. The SMILES string of the molecule is COc1cnccc1C(=O)C=C(C)C. The lowest BCUT2D eigenvalue weighted by atomic mass is 10.1. The summed E-state index contributed by atoms with van der Waals surface area (Å²) in [5, 5.41) is 0. The van der Waals surface area contributed by atoms with Gasteiger partial charge in [-0.15, -0.1) is 0 Å². The number of rotatable bonds is 3. The van der Waals surface area contributed by atoms with Gasteiger partial charge < -0.3 is 4.74 Å². The molecule has 74 valence electrons. The molecule has 0 amide bonds. The molecule has 0 radical (unpaired) electrons. The Labute approximate surface area is 83.4 Å². The van der Waals surface area contributed by atoms with Crippen molar-refractivity contribution in [1.29, 1.82) is 0 Å². The smallest absolute Gasteiger partial charge is 0.189 e. The summed E-state index contributed by atoms with van der Waals surface area (Å²) in [4.78, 5) is 15.5. The normalized spacial score (nSPS) is 9.36. The first-order chi connectivity index (χ1) is 6.65. The highest BCUT2D eigenvalue weighted by Gasteiger charge is 2.08. The molecular formula is C11H13NO2. The summed E-state index contributed by atoms with van der Waals surface area (Å²) in [6.07, 6.45) is 4.69. The van der Waals surface area contributed by atoms with E-state index >= 15 is 0 Å². The van der Waals surface area contributed by atoms with Gasteiger partial charge in [0.05, 0.1) is 18.9 Å². The quantitative estimate of drug-likeness (QED) is 0.543. The van der Waals surface area contributed by atoms with Gasteiger partial charge in [0.2, 0.25) is 0 Å². The largest absolute Gasteiger partial charge is 0.494 e. The Kier molecular flexibility index (Phi) is 3.40. The van der Waals surface area contributed by atoms with Gasteiger partial charge in [-0.3, -0.25) is 9.78 Å². The molecule has 0 aliphatic heterocycles. The van der Waals surface area contributed by atoms with Gasteiger partial charge in [-0.05, 0) is 26.0 Å². The topological polar surface area (TPSA) is 39.2 Å². The molecular weight excluding hydrogens is 178 g/mol. The van der Waals surface area contributed by atoms with Crippen LogP contribution in [0.3, 0.4) is 0 Å². The van der Waals surface area contributed by atoms with Crippen molar-refractivity contribution in [1.82, 2.24) is 4.98 Å². The molecule has 0 aromatic carbocycles. The van der Waals surface area contributed by atoms with Gasteiger partial charge in [-0.2, -0.15) is 0 Å². The van der Waals surface area contributed by atoms with Crippen LogP contribution < -0.4 is 4.74 Å². The van der Waals surface area contributed by atoms with E-state index in [1.807, 2.05) is 13.8 Å². The third kappa shape index (κ3) is 2.42. The second-order valence-electron chi connectivity index (χ2n) is 3.16. The Bertz CT molecular complexity index is 365. The molecule has 0 fully saturated rings. The van der Waals surface area contributed by atoms with Crippen LogP contribution in [0.1, 0.15) is 24.2 Å². The van der Waals surface area contributed by atoms with Gasteiger partial charge in [0, 0.05) is 6.20 Å². The van der Waals surface area contributed by atoms with E-state index in [-0.39, 0.29) is 5.78 Å². The third-order valence-corrected chi connectivity index (χ3v) is 1.69. The number of carbonyl (C=O) groups excluding carboxylic acids is 1. The lowest BCUT2D eigenvalue weighted by molar-refractivity contribution is 0.104. The van der Waals surface area contributed by atoms with Crippen LogP contribution in [-0.2, 0) is 0 Å². The van der Waals surface area contributed by atoms with Crippen molar-refractivity contribution >= 4 is 5.78 Å². The number of ketones is 1. The first kappa shape index (κ1) is 10.4. The van der Waals surface area contributed by atoms with Crippen molar-refractivity contribution in [2.24, 2.45) is 0 Å². The van der Waals surface area contributed by atoms with Crippen molar-refractivity contribution in [3.63, 3.8) is 0 Å². The molecule has 0 saturated heterocycles.